The first-order valence-corrected chi connectivity index (χ1v) is 7.87. The summed E-state index contributed by atoms with van der Waals surface area (Å²) in [6.45, 7) is 0. The molecule has 0 spiro atoms. The molecule has 2 rings (SSSR count). The van der Waals surface area contributed by atoms with Crippen LogP contribution in [0, 0.1) is 0 Å². The van der Waals surface area contributed by atoms with E-state index in [0.717, 1.165) is 12.4 Å². The Hall–Kier alpha value is -0.890. The molecule has 2 aromatic rings. The predicted molar refractivity (Wildman–Crippen MR) is 77.0 cm³/mol. The van der Waals surface area contributed by atoms with E-state index >= 15 is 0 Å². The minimum Gasteiger partial charge on any atom is -0.279 e. The molecule has 19 heavy (non-hydrogen) atoms. The van der Waals surface area contributed by atoms with Gasteiger partial charge in [0.1, 0.15) is 4.90 Å². The van der Waals surface area contributed by atoms with Crippen LogP contribution in [0.3, 0.4) is 0 Å². The molecule has 0 aliphatic carbocycles. The van der Waals surface area contributed by atoms with Crippen molar-refractivity contribution >= 4 is 54.8 Å². The van der Waals surface area contributed by atoms with Crippen LogP contribution >= 0.6 is 39.1 Å². The maximum absolute atomic E-state index is 12.0. The zero-order chi connectivity index (χ0) is 14.0. The van der Waals surface area contributed by atoms with Gasteiger partial charge in [-0.25, -0.2) is 18.4 Å². The second-order valence-corrected chi connectivity index (χ2v) is 6.70. The molecule has 0 bridgehead atoms. The van der Waals surface area contributed by atoms with Crippen molar-refractivity contribution in [3.8, 4) is 0 Å². The van der Waals surface area contributed by atoms with Gasteiger partial charge in [-0.3, -0.25) is 4.72 Å². The molecule has 1 heterocycles. The summed E-state index contributed by atoms with van der Waals surface area (Å²) in [6.07, 6.45) is 2.26. The fourth-order valence-corrected chi connectivity index (χ4v) is 2.74. The minimum absolute atomic E-state index is 0.0202. The van der Waals surface area contributed by atoms with Gasteiger partial charge in [-0.2, -0.15) is 0 Å². The molecule has 0 fully saturated rings. The topological polar surface area (TPSA) is 72.0 Å². The lowest BCUT2D eigenvalue weighted by atomic mass is 10.3. The van der Waals surface area contributed by atoms with Crippen LogP contribution < -0.4 is 4.72 Å². The van der Waals surface area contributed by atoms with E-state index in [9.17, 15) is 8.42 Å². The lowest BCUT2D eigenvalue weighted by Crippen LogP contribution is -2.13. The molecule has 1 N–H and O–H groups in total. The highest BCUT2D eigenvalue weighted by Crippen LogP contribution is 2.26. The summed E-state index contributed by atoms with van der Waals surface area (Å²) in [6, 6.07) is 4.67. The maximum atomic E-state index is 12.0. The Labute approximate surface area is 128 Å². The Morgan fingerprint density at radius 1 is 1.16 bits per heavy atom. The normalized spacial score (nSPS) is 11.3. The molecule has 0 aliphatic rings. The Bertz CT molecular complexity index is 707. The molecular weight excluding hydrogens is 377 g/mol. The number of sulfonamides is 1. The van der Waals surface area contributed by atoms with Crippen molar-refractivity contribution in [2.45, 2.75) is 4.90 Å². The third-order valence-corrected chi connectivity index (χ3v) is 4.82. The fraction of sp³-hybridized carbons (Fsp3) is 0. The molecule has 0 radical (unpaired) electrons. The molecule has 1 aromatic carbocycles. The van der Waals surface area contributed by atoms with Crippen molar-refractivity contribution in [3.63, 3.8) is 0 Å². The molecule has 0 unspecified atom stereocenters. The van der Waals surface area contributed by atoms with Crippen molar-refractivity contribution < 1.29 is 8.42 Å². The van der Waals surface area contributed by atoms with Crippen LogP contribution in [0.15, 0.2) is 40.0 Å². The minimum atomic E-state index is -3.76. The number of nitrogens with one attached hydrogen (secondary N) is 1. The molecule has 5 nitrogen and oxygen atoms in total. The second-order valence-electron chi connectivity index (χ2n) is 3.42. The van der Waals surface area contributed by atoms with Crippen molar-refractivity contribution in [3.05, 3.63) is 45.4 Å². The van der Waals surface area contributed by atoms with Gasteiger partial charge < -0.3 is 0 Å². The summed E-state index contributed by atoms with van der Waals surface area (Å²) >= 11 is 14.5. The smallest absolute Gasteiger partial charge is 0.264 e. The highest BCUT2D eigenvalue weighted by molar-refractivity contribution is 9.10. The third-order valence-electron chi connectivity index (χ3n) is 2.08. The molecule has 0 atom stereocenters. The van der Waals surface area contributed by atoms with E-state index in [1.54, 1.807) is 18.2 Å². The zero-order valence-electron chi connectivity index (χ0n) is 9.14. The average Bonchev–Trinajstić information content (AvgIpc) is 2.34. The summed E-state index contributed by atoms with van der Waals surface area (Å²) in [5.74, 6) is 0. The van der Waals surface area contributed by atoms with Crippen LogP contribution in [-0.2, 0) is 10.0 Å². The standard InChI is InChI=1S/C10H6BrCl2N3O2S/c11-8-3-6(1-2-9(8)12)16-19(17,18)7-4-14-10(13)15-5-7/h1-5,16H. The summed E-state index contributed by atoms with van der Waals surface area (Å²) < 4.78 is 27.0. The number of benzene rings is 1. The van der Waals surface area contributed by atoms with E-state index in [1.165, 1.54) is 0 Å². The third kappa shape index (κ3) is 3.56. The van der Waals surface area contributed by atoms with Crippen molar-refractivity contribution in [1.29, 1.82) is 0 Å². The van der Waals surface area contributed by atoms with E-state index in [4.69, 9.17) is 23.2 Å². The van der Waals surface area contributed by atoms with Gasteiger partial charge in [0.15, 0.2) is 0 Å². The van der Waals surface area contributed by atoms with E-state index in [2.05, 4.69) is 30.6 Å². The number of hydrogen-bond donors (Lipinski definition) is 1. The largest absolute Gasteiger partial charge is 0.279 e. The van der Waals surface area contributed by atoms with E-state index < -0.39 is 10.0 Å². The Morgan fingerprint density at radius 3 is 2.37 bits per heavy atom. The zero-order valence-corrected chi connectivity index (χ0v) is 13.1. The second kappa shape index (κ2) is 5.62. The highest BCUT2D eigenvalue weighted by atomic mass is 79.9. The lowest BCUT2D eigenvalue weighted by Gasteiger charge is -2.08. The lowest BCUT2D eigenvalue weighted by molar-refractivity contribution is 0.600. The molecule has 9 heteroatoms. The van der Waals surface area contributed by atoms with Crippen molar-refractivity contribution in [2.75, 3.05) is 4.72 Å². The number of nitrogens with zero attached hydrogens (tertiary/aromatic N) is 2. The van der Waals surface area contributed by atoms with Gasteiger partial charge in [0, 0.05) is 4.47 Å². The van der Waals surface area contributed by atoms with Gasteiger partial charge in [0.05, 0.1) is 23.1 Å². The Kier molecular flexibility index (Phi) is 4.29. The molecule has 1 aromatic heterocycles. The molecule has 0 saturated heterocycles. The fourth-order valence-electron chi connectivity index (χ4n) is 1.21. The Morgan fingerprint density at radius 2 is 1.79 bits per heavy atom. The summed E-state index contributed by atoms with van der Waals surface area (Å²) in [7, 11) is -3.76. The maximum Gasteiger partial charge on any atom is 0.264 e. The number of aromatic nitrogens is 2. The van der Waals surface area contributed by atoms with E-state index in [1.807, 2.05) is 0 Å². The molecule has 0 aliphatic heterocycles. The monoisotopic (exact) mass is 381 g/mol. The number of rotatable bonds is 3. The number of halogens is 3. The predicted octanol–water partition coefficient (Wildman–Crippen LogP) is 3.35. The van der Waals surface area contributed by atoms with Crippen molar-refractivity contribution in [1.82, 2.24) is 9.97 Å². The van der Waals surface area contributed by atoms with Crippen LogP contribution in [0.2, 0.25) is 10.3 Å². The quantitative estimate of drug-likeness (QED) is 0.826. The van der Waals surface area contributed by atoms with Crippen LogP contribution in [0.25, 0.3) is 0 Å². The summed E-state index contributed by atoms with van der Waals surface area (Å²) in [4.78, 5) is 7.17. The first-order chi connectivity index (χ1) is 8.88. The first kappa shape index (κ1) is 14.5. The van der Waals surface area contributed by atoms with Gasteiger partial charge in [-0.15, -0.1) is 0 Å². The van der Waals surface area contributed by atoms with Gasteiger partial charge in [-0.05, 0) is 45.7 Å². The van der Waals surface area contributed by atoms with Crippen molar-refractivity contribution in [2.24, 2.45) is 0 Å². The molecule has 0 saturated carbocycles. The summed E-state index contributed by atoms with van der Waals surface area (Å²) in [5, 5.41) is 0.464. The van der Waals surface area contributed by atoms with Gasteiger partial charge >= 0.3 is 0 Å². The van der Waals surface area contributed by atoms with Gasteiger partial charge in [-0.1, -0.05) is 11.6 Å². The number of anilines is 1. The SMILES string of the molecule is O=S(=O)(Nc1ccc(Cl)c(Br)c1)c1cnc(Cl)nc1. The van der Waals surface area contributed by atoms with Gasteiger partial charge in [0.2, 0.25) is 5.28 Å². The first-order valence-electron chi connectivity index (χ1n) is 4.84. The molecular formula is C10H6BrCl2N3O2S. The van der Waals surface area contributed by atoms with Crippen LogP contribution in [-0.4, -0.2) is 18.4 Å². The summed E-state index contributed by atoms with van der Waals surface area (Å²) in [5.41, 5.74) is 0.367. The molecule has 0 amide bonds. The van der Waals surface area contributed by atoms with Gasteiger partial charge in [0.25, 0.3) is 10.0 Å². The van der Waals surface area contributed by atoms with Crippen LogP contribution in [0.4, 0.5) is 5.69 Å². The highest BCUT2D eigenvalue weighted by Gasteiger charge is 2.15. The van der Waals surface area contributed by atoms with Crippen LogP contribution in [0.5, 0.6) is 0 Å². The molecule has 100 valence electrons. The Balaban J connectivity index is 2.30. The number of hydrogen-bond acceptors (Lipinski definition) is 4. The van der Waals surface area contributed by atoms with E-state index in [0.29, 0.717) is 15.2 Å². The van der Waals surface area contributed by atoms with E-state index in [-0.39, 0.29) is 10.2 Å². The average molecular weight is 383 g/mol. The van der Waals surface area contributed by atoms with Crippen LogP contribution in [0.1, 0.15) is 0 Å².